The smallest absolute Gasteiger partial charge is 0.210 e. The lowest BCUT2D eigenvalue weighted by Gasteiger charge is -2.38. The zero-order valence-electron chi connectivity index (χ0n) is 13.0. The monoisotopic (exact) mass is 282 g/mol. The fourth-order valence-electron chi connectivity index (χ4n) is 3.62. The molecule has 2 rings (SSSR count). The number of nitrogens with two attached hydrogens (primary N) is 1. The van der Waals surface area contributed by atoms with Crippen molar-refractivity contribution < 1.29 is 9.53 Å². The molecule has 0 radical (unpaired) electrons. The minimum atomic E-state index is 0.0703. The van der Waals surface area contributed by atoms with Gasteiger partial charge in [-0.15, -0.1) is 0 Å². The molecular formula is C16H30N2O2. The highest BCUT2D eigenvalue weighted by Crippen LogP contribution is 2.31. The van der Waals surface area contributed by atoms with Gasteiger partial charge < -0.3 is 15.4 Å². The van der Waals surface area contributed by atoms with Crippen LogP contribution in [0, 0.1) is 11.8 Å². The van der Waals surface area contributed by atoms with E-state index in [1.807, 2.05) is 4.90 Å². The molecule has 0 aromatic rings. The van der Waals surface area contributed by atoms with E-state index in [4.69, 9.17) is 10.5 Å². The summed E-state index contributed by atoms with van der Waals surface area (Å²) in [6, 6.07) is 0.144. The van der Waals surface area contributed by atoms with Crippen LogP contribution in [-0.2, 0) is 9.53 Å². The fraction of sp³-hybridized carbons (Fsp3) is 0.938. The quantitative estimate of drug-likeness (QED) is 0.786. The fourth-order valence-corrected chi connectivity index (χ4v) is 3.62. The standard InChI is InChI=1S/C16H30N2O2/c1-12(2)13-5-7-14(8-6-13)20-10-16-15(17)4-3-9-18(16)11-19/h11-16H,3-10,17H2,1-2H3/t13?,14?,15?,16-/m0/s1. The van der Waals surface area contributed by atoms with Gasteiger partial charge in [0.2, 0.25) is 6.41 Å². The molecule has 2 fully saturated rings. The lowest BCUT2D eigenvalue weighted by molar-refractivity contribution is -0.124. The maximum Gasteiger partial charge on any atom is 0.210 e. The van der Waals surface area contributed by atoms with Crippen LogP contribution in [0.5, 0.6) is 0 Å². The molecule has 1 aliphatic heterocycles. The zero-order valence-corrected chi connectivity index (χ0v) is 13.0. The zero-order chi connectivity index (χ0) is 14.5. The SMILES string of the molecule is CC(C)C1CCC(OC[C@H]2C(N)CCCN2C=O)CC1. The van der Waals surface area contributed by atoms with Crippen molar-refractivity contribution in [3.05, 3.63) is 0 Å². The van der Waals surface area contributed by atoms with Gasteiger partial charge in [-0.2, -0.15) is 0 Å². The van der Waals surface area contributed by atoms with Crippen molar-refractivity contribution in [1.82, 2.24) is 4.90 Å². The number of piperidine rings is 1. The number of hydrogen-bond donors (Lipinski definition) is 1. The summed E-state index contributed by atoms with van der Waals surface area (Å²) in [6.07, 6.45) is 8.18. The average Bonchev–Trinajstić information content (AvgIpc) is 2.46. The second-order valence-electron chi connectivity index (χ2n) is 6.83. The Bertz CT molecular complexity index is 301. The summed E-state index contributed by atoms with van der Waals surface area (Å²) in [6.45, 7) is 6.06. The Balaban J connectivity index is 1.76. The molecule has 4 heteroatoms. The molecule has 2 atom stereocenters. The van der Waals surface area contributed by atoms with Crippen molar-refractivity contribution in [2.45, 2.75) is 70.6 Å². The Kier molecular flexibility index (Phi) is 5.85. The number of hydrogen-bond acceptors (Lipinski definition) is 3. The highest BCUT2D eigenvalue weighted by Gasteiger charge is 2.30. The molecule has 0 spiro atoms. The van der Waals surface area contributed by atoms with Gasteiger partial charge in [-0.05, 0) is 50.4 Å². The van der Waals surface area contributed by atoms with Gasteiger partial charge in [0, 0.05) is 12.6 Å². The van der Waals surface area contributed by atoms with Gasteiger partial charge in [-0.25, -0.2) is 0 Å². The predicted octanol–water partition coefficient (Wildman–Crippen LogP) is 2.17. The third kappa shape index (κ3) is 3.95. The molecule has 0 bridgehead atoms. The van der Waals surface area contributed by atoms with Gasteiger partial charge >= 0.3 is 0 Å². The molecule has 1 saturated carbocycles. The van der Waals surface area contributed by atoms with E-state index in [-0.39, 0.29) is 12.1 Å². The first-order valence-electron chi connectivity index (χ1n) is 8.20. The number of nitrogens with zero attached hydrogens (tertiary/aromatic N) is 1. The lowest BCUT2D eigenvalue weighted by Crippen LogP contribution is -2.54. The number of amides is 1. The molecule has 1 aliphatic carbocycles. The van der Waals surface area contributed by atoms with E-state index in [0.717, 1.165) is 50.5 Å². The van der Waals surface area contributed by atoms with E-state index >= 15 is 0 Å². The van der Waals surface area contributed by atoms with Gasteiger partial charge in [-0.3, -0.25) is 4.79 Å². The Morgan fingerprint density at radius 1 is 1.25 bits per heavy atom. The summed E-state index contributed by atoms with van der Waals surface area (Å²) >= 11 is 0. The number of likely N-dealkylation sites (tertiary alicyclic amines) is 1. The van der Waals surface area contributed by atoms with Crippen molar-refractivity contribution in [2.75, 3.05) is 13.2 Å². The number of rotatable bonds is 5. The maximum atomic E-state index is 11.1. The molecule has 1 heterocycles. The van der Waals surface area contributed by atoms with E-state index in [0.29, 0.717) is 12.7 Å². The molecule has 2 N–H and O–H groups in total. The van der Waals surface area contributed by atoms with Gasteiger partial charge in [0.1, 0.15) is 0 Å². The van der Waals surface area contributed by atoms with Crippen LogP contribution in [0.3, 0.4) is 0 Å². The van der Waals surface area contributed by atoms with E-state index in [9.17, 15) is 4.79 Å². The average molecular weight is 282 g/mol. The van der Waals surface area contributed by atoms with Gasteiger partial charge in [0.25, 0.3) is 0 Å². The van der Waals surface area contributed by atoms with Crippen molar-refractivity contribution in [1.29, 1.82) is 0 Å². The third-order valence-corrected chi connectivity index (χ3v) is 5.17. The van der Waals surface area contributed by atoms with Crippen LogP contribution in [0.4, 0.5) is 0 Å². The highest BCUT2D eigenvalue weighted by atomic mass is 16.5. The van der Waals surface area contributed by atoms with Crippen LogP contribution in [-0.4, -0.2) is 42.6 Å². The van der Waals surface area contributed by atoms with Crippen molar-refractivity contribution in [3.8, 4) is 0 Å². The summed E-state index contributed by atoms with van der Waals surface area (Å²) in [5.41, 5.74) is 6.14. The summed E-state index contributed by atoms with van der Waals surface area (Å²) in [4.78, 5) is 12.9. The number of ether oxygens (including phenoxy) is 1. The van der Waals surface area contributed by atoms with Crippen LogP contribution in [0.15, 0.2) is 0 Å². The highest BCUT2D eigenvalue weighted by molar-refractivity contribution is 5.48. The van der Waals surface area contributed by atoms with Crippen LogP contribution in [0.25, 0.3) is 0 Å². The molecule has 0 aromatic carbocycles. The largest absolute Gasteiger partial charge is 0.376 e. The van der Waals surface area contributed by atoms with E-state index in [1.54, 1.807) is 0 Å². The Labute approximate surface area is 123 Å². The first-order chi connectivity index (χ1) is 9.61. The number of carbonyl (C=O) groups is 1. The molecule has 1 saturated heterocycles. The second-order valence-corrected chi connectivity index (χ2v) is 6.83. The molecule has 1 amide bonds. The molecule has 0 aromatic heterocycles. The summed E-state index contributed by atoms with van der Waals surface area (Å²) in [5.74, 6) is 1.64. The molecule has 1 unspecified atom stereocenters. The Hall–Kier alpha value is -0.610. The minimum absolute atomic E-state index is 0.0703. The van der Waals surface area contributed by atoms with Gasteiger partial charge in [0.05, 0.1) is 18.8 Å². The summed E-state index contributed by atoms with van der Waals surface area (Å²) < 4.78 is 6.07. The molecule has 2 aliphatic rings. The second kappa shape index (κ2) is 7.41. The third-order valence-electron chi connectivity index (χ3n) is 5.17. The molecule has 4 nitrogen and oxygen atoms in total. The van der Waals surface area contributed by atoms with E-state index in [2.05, 4.69) is 13.8 Å². The predicted molar refractivity (Wildman–Crippen MR) is 80.3 cm³/mol. The Morgan fingerprint density at radius 2 is 1.95 bits per heavy atom. The normalized spacial score (nSPS) is 35.3. The Morgan fingerprint density at radius 3 is 2.55 bits per heavy atom. The van der Waals surface area contributed by atoms with Gasteiger partial charge in [0.15, 0.2) is 0 Å². The lowest BCUT2D eigenvalue weighted by atomic mass is 9.80. The van der Waals surface area contributed by atoms with Crippen LogP contribution in [0.2, 0.25) is 0 Å². The minimum Gasteiger partial charge on any atom is -0.376 e. The van der Waals surface area contributed by atoms with Crippen LogP contribution >= 0.6 is 0 Å². The van der Waals surface area contributed by atoms with E-state index in [1.165, 1.54) is 12.8 Å². The van der Waals surface area contributed by atoms with Crippen molar-refractivity contribution in [2.24, 2.45) is 17.6 Å². The van der Waals surface area contributed by atoms with Crippen LogP contribution < -0.4 is 5.73 Å². The maximum absolute atomic E-state index is 11.1. The molecule has 116 valence electrons. The first-order valence-corrected chi connectivity index (χ1v) is 8.20. The first kappa shape index (κ1) is 15.8. The van der Waals surface area contributed by atoms with Crippen LogP contribution in [0.1, 0.15) is 52.4 Å². The summed E-state index contributed by atoms with van der Waals surface area (Å²) in [5, 5.41) is 0. The number of carbonyl (C=O) groups excluding carboxylic acids is 1. The summed E-state index contributed by atoms with van der Waals surface area (Å²) in [7, 11) is 0. The van der Waals surface area contributed by atoms with Gasteiger partial charge in [-0.1, -0.05) is 13.8 Å². The van der Waals surface area contributed by atoms with E-state index < -0.39 is 0 Å². The molecule has 20 heavy (non-hydrogen) atoms. The molecular weight excluding hydrogens is 252 g/mol. The topological polar surface area (TPSA) is 55.6 Å². The van der Waals surface area contributed by atoms with Crippen molar-refractivity contribution in [3.63, 3.8) is 0 Å². The van der Waals surface area contributed by atoms with Crippen molar-refractivity contribution >= 4 is 6.41 Å².